The molecular weight excluding hydrogens is 185 g/mol. The van der Waals surface area contributed by atoms with E-state index >= 15 is 0 Å². The van der Waals surface area contributed by atoms with E-state index in [-0.39, 0.29) is 11.5 Å². The van der Waals surface area contributed by atoms with Crippen molar-refractivity contribution in [3.63, 3.8) is 0 Å². The molecule has 0 aliphatic heterocycles. The van der Waals surface area contributed by atoms with Crippen LogP contribution in [0.2, 0.25) is 0 Å². The molecule has 5 heteroatoms. The number of aromatic hydroxyl groups is 1. The molecule has 0 saturated carbocycles. The van der Waals surface area contributed by atoms with Crippen LogP contribution in [0, 0.1) is 5.82 Å². The summed E-state index contributed by atoms with van der Waals surface area (Å²) in [5.74, 6) is -1.29. The van der Waals surface area contributed by atoms with Gasteiger partial charge < -0.3 is 9.84 Å². The highest BCUT2D eigenvalue weighted by Crippen LogP contribution is 2.26. The topological polar surface area (TPSA) is 29.5 Å². The summed E-state index contributed by atoms with van der Waals surface area (Å²) in [6, 6.07) is 2.89. The second-order valence-electron chi connectivity index (χ2n) is 2.31. The van der Waals surface area contributed by atoms with Crippen LogP contribution in [0.5, 0.6) is 11.5 Å². The van der Waals surface area contributed by atoms with Gasteiger partial charge in [0, 0.05) is 6.07 Å². The Labute approximate surface area is 72.6 Å². The fraction of sp³-hybridized carbons (Fsp3) is 0.250. The maximum absolute atomic E-state index is 12.5. The zero-order valence-electron chi connectivity index (χ0n) is 6.51. The van der Waals surface area contributed by atoms with Crippen molar-refractivity contribution in [2.45, 2.75) is 6.43 Å². The molecule has 13 heavy (non-hydrogen) atoms. The highest BCUT2D eigenvalue weighted by Gasteiger charge is 2.07. The number of hydrogen-bond donors (Lipinski definition) is 1. The number of benzene rings is 1. The Kier molecular flexibility index (Phi) is 3.00. The summed E-state index contributed by atoms with van der Waals surface area (Å²) in [5, 5.41) is 9.01. The fourth-order valence-corrected chi connectivity index (χ4v) is 0.756. The van der Waals surface area contributed by atoms with Crippen molar-refractivity contribution in [3.8, 4) is 11.5 Å². The Bertz CT molecular complexity index is 289. The molecule has 72 valence electrons. The predicted octanol–water partition coefficient (Wildman–Crippen LogP) is 2.18. The Hall–Kier alpha value is -1.39. The monoisotopic (exact) mass is 192 g/mol. The molecular formula is C8H7F3O2. The molecule has 0 spiro atoms. The molecule has 1 aromatic carbocycles. The minimum Gasteiger partial charge on any atom is -0.504 e. The molecule has 0 aliphatic rings. The number of phenolic OH excluding ortho intramolecular Hbond substituents is 1. The number of rotatable bonds is 3. The van der Waals surface area contributed by atoms with E-state index in [4.69, 9.17) is 5.11 Å². The molecule has 0 atom stereocenters. The van der Waals surface area contributed by atoms with Gasteiger partial charge >= 0.3 is 0 Å². The van der Waals surface area contributed by atoms with Gasteiger partial charge in [0.05, 0.1) is 0 Å². The van der Waals surface area contributed by atoms with Crippen molar-refractivity contribution in [2.24, 2.45) is 0 Å². The van der Waals surface area contributed by atoms with Gasteiger partial charge in [0.15, 0.2) is 11.5 Å². The highest BCUT2D eigenvalue weighted by molar-refractivity contribution is 5.38. The molecule has 1 rings (SSSR count). The Balaban J connectivity index is 2.70. The van der Waals surface area contributed by atoms with Gasteiger partial charge in [-0.2, -0.15) is 0 Å². The fourth-order valence-electron chi connectivity index (χ4n) is 0.756. The van der Waals surface area contributed by atoms with E-state index in [0.717, 1.165) is 18.2 Å². The first-order valence-electron chi connectivity index (χ1n) is 3.49. The van der Waals surface area contributed by atoms with E-state index in [0.29, 0.717) is 0 Å². The van der Waals surface area contributed by atoms with Crippen molar-refractivity contribution in [1.29, 1.82) is 0 Å². The van der Waals surface area contributed by atoms with Crippen molar-refractivity contribution in [1.82, 2.24) is 0 Å². The molecule has 0 bridgehead atoms. The largest absolute Gasteiger partial charge is 0.504 e. The van der Waals surface area contributed by atoms with E-state index in [1.165, 1.54) is 0 Å². The zero-order valence-corrected chi connectivity index (χ0v) is 6.51. The first kappa shape index (κ1) is 9.70. The lowest BCUT2D eigenvalue weighted by Crippen LogP contribution is -2.07. The SMILES string of the molecule is Oc1ccc(F)cc1OCC(F)F. The zero-order chi connectivity index (χ0) is 9.84. The molecule has 2 nitrogen and oxygen atoms in total. The predicted molar refractivity (Wildman–Crippen MR) is 39.6 cm³/mol. The van der Waals surface area contributed by atoms with Crippen LogP contribution >= 0.6 is 0 Å². The first-order valence-corrected chi connectivity index (χ1v) is 3.49. The van der Waals surface area contributed by atoms with Gasteiger partial charge in [0.1, 0.15) is 12.4 Å². The summed E-state index contributed by atoms with van der Waals surface area (Å²) >= 11 is 0. The standard InChI is InChI=1S/C8H7F3O2/c9-5-1-2-6(12)7(3-5)13-4-8(10)11/h1-3,8,12H,4H2. The quantitative estimate of drug-likeness (QED) is 0.795. The van der Waals surface area contributed by atoms with Crippen LogP contribution < -0.4 is 4.74 Å². The number of hydrogen-bond acceptors (Lipinski definition) is 2. The van der Waals surface area contributed by atoms with E-state index in [1.807, 2.05) is 0 Å². The van der Waals surface area contributed by atoms with Crippen LogP contribution in [0.15, 0.2) is 18.2 Å². The van der Waals surface area contributed by atoms with Crippen LogP contribution in [0.4, 0.5) is 13.2 Å². The minimum atomic E-state index is -2.65. The summed E-state index contributed by atoms with van der Waals surface area (Å²) in [6.07, 6.45) is -2.65. The van der Waals surface area contributed by atoms with Gasteiger partial charge in [-0.3, -0.25) is 0 Å². The first-order chi connectivity index (χ1) is 6.09. The third kappa shape index (κ3) is 2.85. The average Bonchev–Trinajstić information content (AvgIpc) is 2.06. The molecule has 0 fully saturated rings. The number of halogens is 3. The normalized spacial score (nSPS) is 10.5. The van der Waals surface area contributed by atoms with Gasteiger partial charge in [0.2, 0.25) is 0 Å². The smallest absolute Gasteiger partial charge is 0.272 e. The summed E-state index contributed by atoms with van der Waals surface area (Å²) in [5.41, 5.74) is 0. The highest BCUT2D eigenvalue weighted by atomic mass is 19.3. The van der Waals surface area contributed by atoms with Crippen molar-refractivity contribution < 1.29 is 23.0 Å². The van der Waals surface area contributed by atoms with E-state index in [1.54, 1.807) is 0 Å². The van der Waals surface area contributed by atoms with Gasteiger partial charge in [-0.25, -0.2) is 13.2 Å². The third-order valence-corrected chi connectivity index (χ3v) is 1.29. The van der Waals surface area contributed by atoms with E-state index in [2.05, 4.69) is 4.74 Å². The summed E-state index contributed by atoms with van der Waals surface area (Å²) in [6.45, 7) is -0.864. The van der Waals surface area contributed by atoms with Crippen LogP contribution in [0.3, 0.4) is 0 Å². The van der Waals surface area contributed by atoms with Gasteiger partial charge in [-0.15, -0.1) is 0 Å². The Morgan fingerprint density at radius 1 is 1.38 bits per heavy atom. The second kappa shape index (κ2) is 4.02. The van der Waals surface area contributed by atoms with Crippen molar-refractivity contribution in [2.75, 3.05) is 6.61 Å². The van der Waals surface area contributed by atoms with Crippen LogP contribution in [0.1, 0.15) is 0 Å². The van der Waals surface area contributed by atoms with Gasteiger partial charge in [0.25, 0.3) is 6.43 Å². The lowest BCUT2D eigenvalue weighted by Gasteiger charge is -2.06. The van der Waals surface area contributed by atoms with Gasteiger partial charge in [-0.1, -0.05) is 0 Å². The molecule has 0 heterocycles. The third-order valence-electron chi connectivity index (χ3n) is 1.29. The molecule has 0 amide bonds. The Morgan fingerprint density at radius 3 is 2.69 bits per heavy atom. The maximum Gasteiger partial charge on any atom is 0.272 e. The second-order valence-corrected chi connectivity index (χ2v) is 2.31. The Morgan fingerprint density at radius 2 is 2.08 bits per heavy atom. The lowest BCUT2D eigenvalue weighted by molar-refractivity contribution is 0.0803. The van der Waals surface area contributed by atoms with Crippen molar-refractivity contribution in [3.05, 3.63) is 24.0 Å². The molecule has 1 N–H and O–H groups in total. The lowest BCUT2D eigenvalue weighted by atomic mass is 10.3. The van der Waals surface area contributed by atoms with E-state index < -0.39 is 18.8 Å². The van der Waals surface area contributed by atoms with Crippen LogP contribution in [0.25, 0.3) is 0 Å². The number of alkyl halides is 2. The summed E-state index contributed by atoms with van der Waals surface area (Å²) < 4.78 is 40.2. The molecule has 0 aliphatic carbocycles. The molecule has 0 radical (unpaired) electrons. The van der Waals surface area contributed by atoms with E-state index in [9.17, 15) is 13.2 Å². The average molecular weight is 192 g/mol. The maximum atomic E-state index is 12.5. The summed E-state index contributed by atoms with van der Waals surface area (Å²) in [4.78, 5) is 0. The molecule has 0 aromatic heterocycles. The molecule has 0 saturated heterocycles. The van der Waals surface area contributed by atoms with Crippen molar-refractivity contribution >= 4 is 0 Å². The van der Waals surface area contributed by atoms with Gasteiger partial charge in [-0.05, 0) is 12.1 Å². The number of ether oxygens (including phenoxy) is 1. The van der Waals surface area contributed by atoms with Crippen LogP contribution in [-0.4, -0.2) is 18.1 Å². The van der Waals surface area contributed by atoms with Crippen LogP contribution in [-0.2, 0) is 0 Å². The summed E-state index contributed by atoms with van der Waals surface area (Å²) in [7, 11) is 0. The molecule has 0 unspecified atom stereocenters. The minimum absolute atomic E-state index is 0.277. The molecule has 1 aromatic rings. The number of phenols is 1.